The van der Waals surface area contributed by atoms with E-state index in [0.717, 1.165) is 0 Å². The van der Waals surface area contributed by atoms with Gasteiger partial charge in [0.15, 0.2) is 0 Å². The summed E-state index contributed by atoms with van der Waals surface area (Å²) in [6.07, 6.45) is 2.18. The standard InChI is InChI=1S/C16H29NO2P/c1-8-9-19-16(18)15(10-17)11-20(12(2)3,13(4)5)14(6)7/h8,12-14,17H,1,9,11H2,2-7H3/q+1. The minimum absolute atomic E-state index is 0.181. The molecule has 0 aromatic carbocycles. The molecule has 0 radical (unpaired) electrons. The third-order valence-electron chi connectivity index (χ3n) is 4.05. The van der Waals surface area contributed by atoms with Crippen LogP contribution in [0.4, 0.5) is 0 Å². The Morgan fingerprint density at radius 1 is 1.20 bits per heavy atom. The van der Waals surface area contributed by atoms with Gasteiger partial charge in [-0.25, -0.2) is 4.79 Å². The predicted molar refractivity (Wildman–Crippen MR) is 89.6 cm³/mol. The molecule has 0 aliphatic heterocycles. The Morgan fingerprint density at radius 3 is 1.95 bits per heavy atom. The van der Waals surface area contributed by atoms with Crippen molar-refractivity contribution in [1.82, 2.24) is 0 Å². The van der Waals surface area contributed by atoms with Gasteiger partial charge in [0.2, 0.25) is 0 Å². The van der Waals surface area contributed by atoms with Gasteiger partial charge in [0.1, 0.15) is 18.3 Å². The summed E-state index contributed by atoms with van der Waals surface area (Å²) in [6.45, 7) is 17.1. The van der Waals surface area contributed by atoms with E-state index in [-0.39, 0.29) is 6.61 Å². The predicted octanol–water partition coefficient (Wildman–Crippen LogP) is 4.13. The SMILES string of the molecule is C=CCOC(=O)C(=C=N)C[P+](C(C)C)(C(C)C)C(C)C. The van der Waals surface area contributed by atoms with Gasteiger partial charge in [0, 0.05) is 7.26 Å². The molecule has 0 aromatic heterocycles. The van der Waals surface area contributed by atoms with Crippen molar-refractivity contribution in [2.45, 2.75) is 58.5 Å². The summed E-state index contributed by atoms with van der Waals surface area (Å²) in [4.78, 5) is 12.0. The van der Waals surface area contributed by atoms with Crippen LogP contribution >= 0.6 is 7.26 Å². The maximum absolute atomic E-state index is 12.0. The summed E-state index contributed by atoms with van der Waals surface area (Å²) in [7, 11) is -1.42. The molecule has 0 bridgehead atoms. The first kappa shape index (κ1) is 19.1. The summed E-state index contributed by atoms with van der Waals surface area (Å²) in [5.74, 6) is 1.89. The van der Waals surface area contributed by atoms with Crippen molar-refractivity contribution in [2.24, 2.45) is 0 Å². The summed E-state index contributed by atoms with van der Waals surface area (Å²) in [6, 6.07) is 0. The number of ether oxygens (including phenoxy) is 1. The smallest absolute Gasteiger partial charge is 0.347 e. The second kappa shape index (κ2) is 8.39. The fraction of sp³-hybridized carbons (Fsp3) is 0.688. The van der Waals surface area contributed by atoms with Crippen LogP contribution in [0.1, 0.15) is 41.5 Å². The lowest BCUT2D eigenvalue weighted by atomic mass is 10.3. The van der Waals surface area contributed by atoms with Crippen molar-refractivity contribution in [3.8, 4) is 0 Å². The molecule has 0 saturated carbocycles. The zero-order valence-corrected chi connectivity index (χ0v) is 14.6. The molecule has 0 unspecified atom stereocenters. The van der Waals surface area contributed by atoms with E-state index in [2.05, 4.69) is 54.0 Å². The molecule has 0 fully saturated rings. The number of hydrogen-bond acceptors (Lipinski definition) is 3. The first-order valence-electron chi connectivity index (χ1n) is 7.17. The molecule has 0 saturated heterocycles. The second-order valence-electron chi connectivity index (χ2n) is 5.92. The lowest BCUT2D eigenvalue weighted by Gasteiger charge is -2.38. The van der Waals surface area contributed by atoms with Crippen LogP contribution in [0.3, 0.4) is 0 Å². The van der Waals surface area contributed by atoms with E-state index in [9.17, 15) is 4.79 Å². The van der Waals surface area contributed by atoms with E-state index < -0.39 is 13.2 Å². The fourth-order valence-electron chi connectivity index (χ4n) is 2.99. The number of carbonyl (C=O) groups is 1. The number of rotatable bonds is 8. The van der Waals surface area contributed by atoms with Crippen LogP contribution in [0, 0.1) is 5.41 Å². The molecular weight excluding hydrogens is 269 g/mol. The molecule has 1 N–H and O–H groups in total. The minimum Gasteiger partial charge on any atom is -0.458 e. The Balaban J connectivity index is 5.39. The molecule has 0 aliphatic carbocycles. The highest BCUT2D eigenvalue weighted by Gasteiger charge is 2.48. The maximum atomic E-state index is 12.0. The van der Waals surface area contributed by atoms with Crippen LogP contribution < -0.4 is 0 Å². The van der Waals surface area contributed by atoms with Gasteiger partial charge in [-0.3, -0.25) is 5.41 Å². The summed E-state index contributed by atoms with van der Waals surface area (Å²) in [5, 5.41) is 7.43. The van der Waals surface area contributed by atoms with E-state index in [0.29, 0.717) is 28.7 Å². The van der Waals surface area contributed by atoms with Crippen molar-refractivity contribution in [3.05, 3.63) is 18.2 Å². The molecule has 0 amide bonds. The quantitative estimate of drug-likeness (QED) is 0.241. The Kier molecular flexibility index (Phi) is 8.01. The van der Waals surface area contributed by atoms with Gasteiger partial charge in [-0.1, -0.05) is 12.7 Å². The Morgan fingerprint density at radius 2 is 1.65 bits per heavy atom. The molecule has 20 heavy (non-hydrogen) atoms. The monoisotopic (exact) mass is 298 g/mol. The first-order chi connectivity index (χ1) is 9.23. The molecule has 0 atom stereocenters. The Labute approximate surface area is 124 Å². The van der Waals surface area contributed by atoms with Crippen LogP contribution in [-0.2, 0) is 9.53 Å². The molecular formula is C16H29NO2P+. The largest absolute Gasteiger partial charge is 0.458 e. The number of carbonyl (C=O) groups excluding carboxylic acids is 1. The lowest BCUT2D eigenvalue weighted by Crippen LogP contribution is -2.28. The van der Waals surface area contributed by atoms with E-state index >= 15 is 0 Å². The van der Waals surface area contributed by atoms with Gasteiger partial charge in [0.25, 0.3) is 0 Å². The summed E-state index contributed by atoms with van der Waals surface area (Å²) >= 11 is 0. The zero-order chi connectivity index (χ0) is 15.9. The number of esters is 1. The lowest BCUT2D eigenvalue weighted by molar-refractivity contribution is -0.137. The van der Waals surface area contributed by atoms with Crippen LogP contribution in [0.25, 0.3) is 0 Å². The second-order valence-corrected chi connectivity index (χ2v) is 11.3. The van der Waals surface area contributed by atoms with Gasteiger partial charge < -0.3 is 4.74 Å². The highest BCUT2D eigenvalue weighted by atomic mass is 31.2. The number of nitrogens with one attached hydrogen (secondary N) is 1. The van der Waals surface area contributed by atoms with Crippen LogP contribution in [0.15, 0.2) is 18.2 Å². The van der Waals surface area contributed by atoms with Crippen LogP contribution in [0.5, 0.6) is 0 Å². The molecule has 0 aromatic rings. The Hall–Kier alpha value is -0.910. The van der Waals surface area contributed by atoms with E-state index in [1.807, 2.05) is 0 Å². The van der Waals surface area contributed by atoms with E-state index in [1.54, 1.807) is 0 Å². The van der Waals surface area contributed by atoms with Crippen molar-refractivity contribution in [2.75, 3.05) is 12.8 Å². The first-order valence-corrected chi connectivity index (χ1v) is 9.35. The van der Waals surface area contributed by atoms with Gasteiger partial charge >= 0.3 is 5.97 Å². The minimum atomic E-state index is -1.42. The van der Waals surface area contributed by atoms with Crippen molar-refractivity contribution < 1.29 is 9.53 Å². The van der Waals surface area contributed by atoms with E-state index in [4.69, 9.17) is 10.1 Å². The maximum Gasteiger partial charge on any atom is 0.347 e. The van der Waals surface area contributed by atoms with Gasteiger partial charge in [-0.15, -0.1) is 0 Å². The van der Waals surface area contributed by atoms with Crippen molar-refractivity contribution >= 4 is 19.1 Å². The average Bonchev–Trinajstić information content (AvgIpc) is 2.35. The highest BCUT2D eigenvalue weighted by Crippen LogP contribution is 2.70. The third-order valence-corrected chi connectivity index (χ3v) is 10.7. The third kappa shape index (κ3) is 4.30. The molecule has 114 valence electrons. The van der Waals surface area contributed by atoms with E-state index in [1.165, 1.54) is 6.08 Å². The zero-order valence-electron chi connectivity index (χ0n) is 13.7. The van der Waals surface area contributed by atoms with Crippen molar-refractivity contribution in [3.63, 3.8) is 0 Å². The van der Waals surface area contributed by atoms with Crippen LogP contribution in [0.2, 0.25) is 0 Å². The summed E-state index contributed by atoms with van der Waals surface area (Å²) < 4.78 is 5.07. The van der Waals surface area contributed by atoms with Gasteiger partial charge in [0.05, 0.1) is 17.0 Å². The molecule has 0 heterocycles. The molecule has 0 rings (SSSR count). The highest BCUT2D eigenvalue weighted by molar-refractivity contribution is 7.78. The normalized spacial score (nSPS) is 11.7. The van der Waals surface area contributed by atoms with Crippen LogP contribution in [-0.4, -0.2) is 41.6 Å². The average molecular weight is 298 g/mol. The topological polar surface area (TPSA) is 50.2 Å². The molecule has 3 nitrogen and oxygen atoms in total. The molecule has 4 heteroatoms. The van der Waals surface area contributed by atoms with Gasteiger partial charge in [-0.2, -0.15) is 0 Å². The fourth-order valence-corrected chi connectivity index (χ4v) is 8.42. The number of hydrogen-bond donors (Lipinski definition) is 1. The molecule has 0 aliphatic rings. The van der Waals surface area contributed by atoms with Gasteiger partial charge in [-0.05, 0) is 47.4 Å². The summed E-state index contributed by atoms with van der Waals surface area (Å²) in [5.41, 5.74) is 1.91. The Bertz CT molecular complexity index is 372. The molecule has 0 spiro atoms. The van der Waals surface area contributed by atoms with Crippen molar-refractivity contribution in [1.29, 1.82) is 5.41 Å².